The van der Waals surface area contributed by atoms with Gasteiger partial charge in [0.25, 0.3) is 0 Å². The maximum atomic E-state index is 12.9. The van der Waals surface area contributed by atoms with Gasteiger partial charge in [0.15, 0.2) is 0 Å². The topological polar surface area (TPSA) is 133 Å². The molecular formula is C17H27F3N2O9. The molecule has 2 N–H and O–H groups in total. The van der Waals surface area contributed by atoms with E-state index in [1.165, 1.54) is 35.0 Å². The molecule has 1 saturated heterocycles. The number of carbonyl (C=O) groups is 3. The van der Waals surface area contributed by atoms with Crippen molar-refractivity contribution in [2.75, 3.05) is 34.4 Å². The Kier molecular flexibility index (Phi) is 9.47. The summed E-state index contributed by atoms with van der Waals surface area (Å²) >= 11 is 0. The van der Waals surface area contributed by atoms with Gasteiger partial charge in [-0.25, -0.2) is 4.79 Å². The normalized spacial score (nSPS) is 24.6. The van der Waals surface area contributed by atoms with Gasteiger partial charge in [0.2, 0.25) is 0 Å². The lowest BCUT2D eigenvalue weighted by Crippen LogP contribution is -2.69. The highest BCUT2D eigenvalue weighted by Gasteiger charge is 2.53. The van der Waals surface area contributed by atoms with Crippen LogP contribution in [0.1, 0.15) is 20.8 Å². The molecule has 1 rings (SSSR count). The molecule has 2 amide bonds. The van der Waals surface area contributed by atoms with Crippen LogP contribution in [0.4, 0.5) is 18.0 Å². The summed E-state index contributed by atoms with van der Waals surface area (Å²) in [5, 5.41) is 11.3. The lowest BCUT2D eigenvalue weighted by molar-refractivity contribution is -0.219. The Morgan fingerprint density at radius 2 is 1.55 bits per heavy atom. The van der Waals surface area contributed by atoms with Gasteiger partial charge in [0.1, 0.15) is 43.5 Å². The molecule has 1 aliphatic rings. The van der Waals surface area contributed by atoms with Crippen molar-refractivity contribution in [3.63, 3.8) is 0 Å². The Morgan fingerprint density at radius 3 is 1.97 bits per heavy atom. The van der Waals surface area contributed by atoms with Crippen molar-refractivity contribution in [3.05, 3.63) is 0 Å². The van der Waals surface area contributed by atoms with E-state index in [-0.39, 0.29) is 0 Å². The molecule has 0 radical (unpaired) electrons. The number of ether oxygens (including phenoxy) is 5. The molecule has 0 aromatic carbocycles. The van der Waals surface area contributed by atoms with E-state index >= 15 is 0 Å². The zero-order valence-corrected chi connectivity index (χ0v) is 17.7. The van der Waals surface area contributed by atoms with E-state index in [1.54, 1.807) is 5.32 Å². The van der Waals surface area contributed by atoms with Crippen molar-refractivity contribution in [2.45, 2.75) is 50.9 Å². The van der Waals surface area contributed by atoms with Crippen molar-refractivity contribution in [3.8, 4) is 0 Å². The van der Waals surface area contributed by atoms with Crippen LogP contribution in [0.15, 0.2) is 0 Å². The first-order valence-corrected chi connectivity index (χ1v) is 9.04. The minimum Gasteiger partial charge on any atom is -0.481 e. The van der Waals surface area contributed by atoms with Gasteiger partial charge in [-0.05, 0) is 20.8 Å². The number of likely N-dealkylation sites (tertiary alicyclic amines) is 1. The molecule has 0 aliphatic carbocycles. The molecule has 31 heavy (non-hydrogen) atoms. The van der Waals surface area contributed by atoms with E-state index in [4.69, 9.17) is 23.7 Å². The highest BCUT2D eigenvalue weighted by atomic mass is 19.4. The average Bonchev–Trinajstić information content (AvgIpc) is 2.62. The first-order chi connectivity index (χ1) is 14.2. The van der Waals surface area contributed by atoms with Crippen molar-refractivity contribution < 1.29 is 56.3 Å². The third-order valence-corrected chi connectivity index (χ3v) is 4.00. The molecule has 180 valence electrons. The molecule has 1 aliphatic heterocycles. The molecule has 0 unspecified atom stereocenters. The SMILES string of the molecule is COCO[C@H]1[C@H](OCOC)[C@@H](NC(=O)C(F)(F)F)N(C(=O)OC(C)(C)C)C[C@@H]1C(=O)O. The largest absolute Gasteiger partial charge is 0.481 e. The molecular weight excluding hydrogens is 433 g/mol. The second-order valence-corrected chi connectivity index (χ2v) is 7.57. The summed E-state index contributed by atoms with van der Waals surface area (Å²) in [5.74, 6) is -5.22. The maximum absolute atomic E-state index is 12.9. The van der Waals surface area contributed by atoms with E-state index in [9.17, 15) is 32.7 Å². The van der Waals surface area contributed by atoms with Crippen LogP contribution in [0.2, 0.25) is 0 Å². The number of carbonyl (C=O) groups excluding carboxylic acids is 2. The summed E-state index contributed by atoms with van der Waals surface area (Å²) < 4.78 is 64.2. The van der Waals surface area contributed by atoms with Crippen LogP contribution < -0.4 is 5.32 Å². The third kappa shape index (κ3) is 7.79. The van der Waals surface area contributed by atoms with Gasteiger partial charge >= 0.3 is 24.1 Å². The van der Waals surface area contributed by atoms with Gasteiger partial charge in [-0.3, -0.25) is 14.5 Å². The fourth-order valence-electron chi connectivity index (χ4n) is 2.81. The fourth-order valence-corrected chi connectivity index (χ4v) is 2.81. The number of alkyl halides is 3. The molecule has 0 spiro atoms. The van der Waals surface area contributed by atoms with E-state index < -0.39 is 74.2 Å². The zero-order valence-electron chi connectivity index (χ0n) is 17.7. The summed E-state index contributed by atoms with van der Waals surface area (Å²) in [6, 6.07) is 0. The summed E-state index contributed by atoms with van der Waals surface area (Å²) in [6.45, 7) is 2.98. The Hall–Kier alpha value is -2.16. The average molecular weight is 460 g/mol. The van der Waals surface area contributed by atoms with Gasteiger partial charge in [0.05, 0.1) is 0 Å². The number of carboxylic acid groups (broad SMARTS) is 1. The lowest BCUT2D eigenvalue weighted by Gasteiger charge is -2.47. The first-order valence-electron chi connectivity index (χ1n) is 9.04. The highest BCUT2D eigenvalue weighted by molar-refractivity contribution is 5.83. The van der Waals surface area contributed by atoms with Crippen molar-refractivity contribution in [2.24, 2.45) is 5.92 Å². The first kappa shape index (κ1) is 26.9. The van der Waals surface area contributed by atoms with Crippen LogP contribution in [-0.4, -0.2) is 92.5 Å². The van der Waals surface area contributed by atoms with Crippen molar-refractivity contribution in [1.29, 1.82) is 0 Å². The summed E-state index contributed by atoms with van der Waals surface area (Å²) in [7, 11) is 2.47. The fraction of sp³-hybridized carbons (Fsp3) is 0.824. The Labute approximate surface area is 176 Å². The van der Waals surface area contributed by atoms with Crippen LogP contribution in [0.25, 0.3) is 0 Å². The predicted octanol–water partition coefficient (Wildman–Crippen LogP) is 0.921. The number of halogens is 3. The number of amides is 2. The van der Waals surface area contributed by atoms with Crippen molar-refractivity contribution >= 4 is 18.0 Å². The molecule has 0 aromatic heterocycles. The lowest BCUT2D eigenvalue weighted by atomic mass is 9.90. The molecule has 1 fully saturated rings. The summed E-state index contributed by atoms with van der Waals surface area (Å²) in [4.78, 5) is 36.8. The molecule has 4 atom stereocenters. The minimum atomic E-state index is -5.28. The maximum Gasteiger partial charge on any atom is 0.471 e. The van der Waals surface area contributed by atoms with E-state index in [0.717, 1.165) is 0 Å². The number of aliphatic carboxylic acids is 1. The Bertz CT molecular complexity index is 639. The Balaban J connectivity index is 3.43. The number of nitrogens with zero attached hydrogens (tertiary/aromatic N) is 1. The van der Waals surface area contributed by atoms with Crippen molar-refractivity contribution in [1.82, 2.24) is 10.2 Å². The number of hydrogen-bond donors (Lipinski definition) is 2. The number of rotatable bonds is 8. The monoisotopic (exact) mass is 460 g/mol. The molecule has 14 heteroatoms. The third-order valence-electron chi connectivity index (χ3n) is 4.00. The quantitative estimate of drug-likeness (QED) is 0.507. The van der Waals surface area contributed by atoms with E-state index in [2.05, 4.69) is 0 Å². The highest BCUT2D eigenvalue weighted by Crippen LogP contribution is 2.30. The second-order valence-electron chi connectivity index (χ2n) is 7.57. The van der Waals surface area contributed by atoms with Gasteiger partial charge in [0, 0.05) is 20.8 Å². The van der Waals surface area contributed by atoms with Gasteiger partial charge in [-0.15, -0.1) is 0 Å². The number of methoxy groups -OCH3 is 2. The molecule has 0 aromatic rings. The number of hydrogen-bond acceptors (Lipinski definition) is 8. The molecule has 11 nitrogen and oxygen atoms in total. The van der Waals surface area contributed by atoms with Crippen LogP contribution >= 0.6 is 0 Å². The van der Waals surface area contributed by atoms with Gasteiger partial charge < -0.3 is 34.1 Å². The molecule has 0 bridgehead atoms. The van der Waals surface area contributed by atoms with Crippen LogP contribution in [0.5, 0.6) is 0 Å². The molecule has 1 heterocycles. The minimum absolute atomic E-state index is 0.423. The van der Waals surface area contributed by atoms with E-state index in [0.29, 0.717) is 4.90 Å². The summed E-state index contributed by atoms with van der Waals surface area (Å²) in [6.07, 6.45) is -11.2. The van der Waals surface area contributed by atoms with Gasteiger partial charge in [-0.1, -0.05) is 0 Å². The van der Waals surface area contributed by atoms with Crippen LogP contribution in [-0.2, 0) is 33.3 Å². The Morgan fingerprint density at radius 1 is 1.03 bits per heavy atom. The standard InChI is InChI=1S/C17H27F3N2O9/c1-16(2,3)31-15(26)22-6-9(13(23)24)10(29-7-27-4)11(30-8-28-5)12(22)21-14(25)17(18,19)20/h9-12H,6-8H2,1-5H3,(H,21,25)(H,23,24)/t9-,10+,11-,12-/m0/s1. The predicted molar refractivity (Wildman–Crippen MR) is 95.5 cm³/mol. The second kappa shape index (κ2) is 10.9. The molecule has 0 saturated carbocycles. The number of nitrogens with one attached hydrogen (secondary N) is 1. The zero-order chi connectivity index (χ0) is 24.0. The number of piperidine rings is 1. The number of carboxylic acids is 1. The van der Waals surface area contributed by atoms with Crippen LogP contribution in [0.3, 0.4) is 0 Å². The smallest absolute Gasteiger partial charge is 0.471 e. The van der Waals surface area contributed by atoms with Crippen LogP contribution in [0, 0.1) is 5.92 Å². The summed E-state index contributed by atoms with van der Waals surface area (Å²) in [5.41, 5.74) is -1.05. The van der Waals surface area contributed by atoms with Gasteiger partial charge in [-0.2, -0.15) is 13.2 Å². The van der Waals surface area contributed by atoms with E-state index in [1.807, 2.05) is 0 Å².